The summed E-state index contributed by atoms with van der Waals surface area (Å²) in [5.41, 5.74) is 0. The number of aliphatic hydroxyl groups is 3. The maximum atomic E-state index is 11.8. The van der Waals surface area contributed by atoms with Crippen molar-refractivity contribution in [3.8, 4) is 0 Å². The van der Waals surface area contributed by atoms with Crippen LogP contribution in [0.15, 0.2) is 0 Å². The third-order valence-electron chi connectivity index (χ3n) is 5.50. The summed E-state index contributed by atoms with van der Waals surface area (Å²) in [5, 5.41) is 31.7. The number of aliphatic hydroxyl groups excluding tert-OH is 3. The second-order valence-corrected chi connectivity index (χ2v) is 8.22. The molecule has 5 heteroatoms. The van der Waals surface area contributed by atoms with Crippen molar-refractivity contribution in [2.45, 2.75) is 135 Å². The first-order valence-corrected chi connectivity index (χ1v) is 11.8. The molecule has 0 aromatic heterocycles. The van der Waals surface area contributed by atoms with Crippen LogP contribution in [0.3, 0.4) is 0 Å². The van der Waals surface area contributed by atoms with Gasteiger partial charge in [-0.05, 0) is 12.8 Å². The van der Waals surface area contributed by atoms with Gasteiger partial charge in [0.1, 0.15) is 0 Å². The van der Waals surface area contributed by atoms with E-state index in [1.165, 1.54) is 70.6 Å². The third-order valence-corrected chi connectivity index (χ3v) is 5.50. The van der Waals surface area contributed by atoms with Gasteiger partial charge in [0, 0.05) is 0 Å². The maximum absolute atomic E-state index is 11.8. The molecule has 0 fully saturated rings. The Morgan fingerprint density at radius 1 is 0.786 bits per heavy atom. The van der Waals surface area contributed by atoms with Crippen LogP contribution in [-0.2, 0) is 4.79 Å². The molecule has 28 heavy (non-hydrogen) atoms. The van der Waals surface area contributed by atoms with Gasteiger partial charge >= 0.3 is 0 Å². The van der Waals surface area contributed by atoms with Crippen molar-refractivity contribution in [1.29, 1.82) is 0 Å². The first-order valence-electron chi connectivity index (χ1n) is 11.8. The van der Waals surface area contributed by atoms with Crippen molar-refractivity contribution in [1.82, 2.24) is 5.32 Å². The number of carbonyl (C=O) groups is 1. The minimum atomic E-state index is -0.736. The van der Waals surface area contributed by atoms with E-state index in [4.69, 9.17) is 0 Å². The minimum Gasteiger partial charge on any atom is -0.394 e. The molecule has 168 valence electrons. The lowest BCUT2D eigenvalue weighted by Gasteiger charge is -2.22. The Hall–Kier alpha value is -0.650. The SMILES string of the molecule is CCCCCCCCCCCCCCCC(O)C(CO)NC(=O)CC(O)CC. The lowest BCUT2D eigenvalue weighted by molar-refractivity contribution is -0.125. The van der Waals surface area contributed by atoms with Gasteiger partial charge in [0.05, 0.1) is 31.3 Å². The Labute approximate surface area is 173 Å². The third kappa shape index (κ3) is 16.3. The summed E-state index contributed by atoms with van der Waals surface area (Å²) in [7, 11) is 0. The number of nitrogens with one attached hydrogen (secondary N) is 1. The van der Waals surface area contributed by atoms with Crippen molar-refractivity contribution in [3.05, 3.63) is 0 Å². The van der Waals surface area contributed by atoms with Gasteiger partial charge < -0.3 is 20.6 Å². The van der Waals surface area contributed by atoms with Gasteiger partial charge in [-0.15, -0.1) is 0 Å². The second-order valence-electron chi connectivity index (χ2n) is 8.22. The summed E-state index contributed by atoms with van der Waals surface area (Å²) in [4.78, 5) is 11.8. The van der Waals surface area contributed by atoms with Gasteiger partial charge in [-0.25, -0.2) is 0 Å². The number of hydrogen-bond acceptors (Lipinski definition) is 4. The summed E-state index contributed by atoms with van der Waals surface area (Å²) < 4.78 is 0. The number of unbranched alkanes of at least 4 members (excludes halogenated alkanes) is 12. The zero-order valence-corrected chi connectivity index (χ0v) is 18.5. The highest BCUT2D eigenvalue weighted by Crippen LogP contribution is 2.14. The van der Waals surface area contributed by atoms with Crippen molar-refractivity contribution in [2.75, 3.05) is 6.61 Å². The fourth-order valence-corrected chi connectivity index (χ4v) is 3.46. The van der Waals surface area contributed by atoms with Crippen LogP contribution in [0.1, 0.15) is 117 Å². The summed E-state index contributed by atoms with van der Waals surface area (Å²) in [6, 6.07) is -0.645. The molecule has 0 spiro atoms. The number of carbonyl (C=O) groups excluding carboxylic acids is 1. The van der Waals surface area contributed by atoms with Crippen molar-refractivity contribution < 1.29 is 20.1 Å². The van der Waals surface area contributed by atoms with E-state index in [0.29, 0.717) is 12.8 Å². The first kappa shape index (κ1) is 27.4. The predicted molar refractivity (Wildman–Crippen MR) is 116 cm³/mol. The molecule has 0 saturated carbocycles. The average Bonchev–Trinajstić information content (AvgIpc) is 2.69. The highest BCUT2D eigenvalue weighted by atomic mass is 16.3. The lowest BCUT2D eigenvalue weighted by atomic mass is 10.0. The van der Waals surface area contributed by atoms with Crippen molar-refractivity contribution >= 4 is 5.91 Å². The van der Waals surface area contributed by atoms with Crippen molar-refractivity contribution in [3.63, 3.8) is 0 Å². The smallest absolute Gasteiger partial charge is 0.222 e. The van der Waals surface area contributed by atoms with Crippen LogP contribution in [0, 0.1) is 0 Å². The standard InChI is InChI=1S/C23H47NO4/c1-3-5-6-7-8-9-10-11-12-13-14-15-16-17-22(27)21(19-25)24-23(28)18-20(26)4-2/h20-22,25-27H,3-19H2,1-2H3,(H,24,28). The molecule has 3 atom stereocenters. The molecule has 0 aromatic carbocycles. The summed E-state index contributed by atoms with van der Waals surface area (Å²) in [6.07, 6.45) is 16.3. The Balaban J connectivity index is 3.58. The van der Waals surface area contributed by atoms with Gasteiger partial charge in [-0.2, -0.15) is 0 Å². The Morgan fingerprint density at radius 2 is 1.25 bits per heavy atom. The number of amides is 1. The van der Waals surface area contributed by atoms with E-state index in [-0.39, 0.29) is 18.9 Å². The molecule has 5 nitrogen and oxygen atoms in total. The molecule has 1 amide bonds. The van der Waals surface area contributed by atoms with Gasteiger partial charge in [-0.3, -0.25) is 4.79 Å². The van der Waals surface area contributed by atoms with Crippen LogP contribution in [0.2, 0.25) is 0 Å². The molecule has 0 bridgehead atoms. The van der Waals surface area contributed by atoms with Crippen LogP contribution >= 0.6 is 0 Å². The minimum absolute atomic E-state index is 0.0124. The number of hydrogen-bond donors (Lipinski definition) is 4. The van der Waals surface area contributed by atoms with Gasteiger partial charge in [0.25, 0.3) is 0 Å². The van der Waals surface area contributed by atoms with E-state index < -0.39 is 18.2 Å². The molecule has 4 N–H and O–H groups in total. The molecule has 0 radical (unpaired) electrons. The fourth-order valence-electron chi connectivity index (χ4n) is 3.46. The van der Waals surface area contributed by atoms with Crippen LogP contribution in [-0.4, -0.2) is 46.1 Å². The number of rotatable bonds is 20. The highest BCUT2D eigenvalue weighted by molar-refractivity contribution is 5.76. The van der Waals surface area contributed by atoms with E-state index >= 15 is 0 Å². The van der Waals surface area contributed by atoms with Crippen LogP contribution < -0.4 is 5.32 Å². The molecule has 0 rings (SSSR count). The van der Waals surface area contributed by atoms with Gasteiger partial charge in [0.2, 0.25) is 5.91 Å². The summed E-state index contributed by atoms with van der Waals surface area (Å²) in [6.45, 7) is 3.78. The lowest BCUT2D eigenvalue weighted by Crippen LogP contribution is -2.46. The monoisotopic (exact) mass is 401 g/mol. The fraction of sp³-hybridized carbons (Fsp3) is 0.957. The van der Waals surface area contributed by atoms with E-state index in [1.54, 1.807) is 0 Å². The van der Waals surface area contributed by atoms with Gasteiger partial charge in [-0.1, -0.05) is 97.3 Å². The first-order chi connectivity index (χ1) is 13.5. The summed E-state index contributed by atoms with van der Waals surface area (Å²) >= 11 is 0. The zero-order valence-electron chi connectivity index (χ0n) is 18.5. The Bertz CT molecular complexity index is 351. The molecule has 0 aliphatic heterocycles. The Kier molecular flexibility index (Phi) is 19.2. The summed E-state index contributed by atoms with van der Waals surface area (Å²) in [5.74, 6) is -0.321. The molecule has 0 aromatic rings. The molecule has 0 aliphatic carbocycles. The molecular weight excluding hydrogens is 354 g/mol. The van der Waals surface area contributed by atoms with Crippen LogP contribution in [0.4, 0.5) is 0 Å². The largest absolute Gasteiger partial charge is 0.394 e. The van der Waals surface area contributed by atoms with E-state index in [2.05, 4.69) is 12.2 Å². The normalized spacial score (nSPS) is 14.6. The quantitative estimate of drug-likeness (QED) is 0.227. The highest BCUT2D eigenvalue weighted by Gasteiger charge is 2.21. The van der Waals surface area contributed by atoms with Crippen LogP contribution in [0.5, 0.6) is 0 Å². The Morgan fingerprint density at radius 3 is 1.68 bits per heavy atom. The topological polar surface area (TPSA) is 89.8 Å². The average molecular weight is 402 g/mol. The predicted octanol–water partition coefficient (Wildman–Crippen LogP) is 4.47. The van der Waals surface area contributed by atoms with Crippen molar-refractivity contribution in [2.24, 2.45) is 0 Å². The second kappa shape index (κ2) is 19.7. The van der Waals surface area contributed by atoms with E-state index in [1.807, 2.05) is 6.92 Å². The molecular formula is C23H47NO4. The van der Waals surface area contributed by atoms with E-state index in [0.717, 1.165) is 12.8 Å². The molecule has 0 heterocycles. The molecule has 0 saturated heterocycles. The maximum Gasteiger partial charge on any atom is 0.222 e. The van der Waals surface area contributed by atoms with Crippen LogP contribution in [0.25, 0.3) is 0 Å². The molecule has 0 aliphatic rings. The van der Waals surface area contributed by atoms with E-state index in [9.17, 15) is 20.1 Å². The van der Waals surface area contributed by atoms with Gasteiger partial charge in [0.15, 0.2) is 0 Å². The molecule has 3 unspecified atom stereocenters. The zero-order chi connectivity index (χ0) is 21.0.